The van der Waals surface area contributed by atoms with Crippen molar-refractivity contribution in [1.29, 1.82) is 0 Å². The quantitative estimate of drug-likeness (QED) is 0.700. The number of aromatic carboxylic acids is 1. The predicted octanol–water partition coefficient (Wildman–Crippen LogP) is 0.815. The lowest BCUT2D eigenvalue weighted by atomic mass is 10.1. The molecule has 0 radical (unpaired) electrons. The Bertz CT molecular complexity index is 429. The van der Waals surface area contributed by atoms with Crippen molar-refractivity contribution in [3.05, 3.63) is 23.8 Å². The Morgan fingerprint density at radius 3 is 2.87 bits per heavy atom. The molecule has 15 heavy (non-hydrogen) atoms. The first kappa shape index (κ1) is 9.51. The number of aliphatic imine (C=N–C) groups is 1. The third kappa shape index (κ3) is 1.76. The molecule has 0 atom stereocenters. The summed E-state index contributed by atoms with van der Waals surface area (Å²) in [5, 5.41) is 8.80. The first-order valence-electron chi connectivity index (χ1n) is 4.58. The maximum absolute atomic E-state index is 10.7. The normalized spacial score (nSPS) is 14.5. The molecular weight excluding hydrogens is 194 g/mol. The van der Waals surface area contributed by atoms with Crippen LogP contribution in [0, 0.1) is 0 Å². The summed E-state index contributed by atoms with van der Waals surface area (Å²) in [5.74, 6) is -1.01. The Hall–Kier alpha value is -2.04. The van der Waals surface area contributed by atoms with Crippen molar-refractivity contribution in [2.75, 3.05) is 23.7 Å². The molecule has 0 amide bonds. The lowest BCUT2D eigenvalue weighted by Gasteiger charge is -2.14. The highest BCUT2D eigenvalue weighted by Gasteiger charge is 2.12. The molecular formula is C10H11N3O2. The van der Waals surface area contributed by atoms with E-state index in [9.17, 15) is 4.79 Å². The van der Waals surface area contributed by atoms with Gasteiger partial charge >= 0.3 is 5.97 Å². The SMILES string of the molecule is Nc1cc(N2C=NCC2)ccc1C(=O)O. The number of rotatable bonds is 2. The molecule has 78 valence electrons. The Labute approximate surface area is 86.8 Å². The Morgan fingerprint density at radius 2 is 2.33 bits per heavy atom. The zero-order valence-electron chi connectivity index (χ0n) is 8.05. The number of nitrogens with zero attached hydrogens (tertiary/aromatic N) is 2. The molecule has 1 aromatic rings. The molecule has 0 saturated carbocycles. The van der Waals surface area contributed by atoms with E-state index in [4.69, 9.17) is 10.8 Å². The molecule has 0 fully saturated rings. The van der Waals surface area contributed by atoms with E-state index in [0.29, 0.717) is 0 Å². The van der Waals surface area contributed by atoms with Crippen molar-refractivity contribution in [1.82, 2.24) is 0 Å². The van der Waals surface area contributed by atoms with Crippen LogP contribution < -0.4 is 10.6 Å². The van der Waals surface area contributed by atoms with Gasteiger partial charge in [0, 0.05) is 17.9 Å². The highest BCUT2D eigenvalue weighted by molar-refractivity contribution is 5.95. The van der Waals surface area contributed by atoms with E-state index in [-0.39, 0.29) is 11.3 Å². The number of nitrogens with two attached hydrogens (primary N) is 1. The second kappa shape index (κ2) is 3.61. The van der Waals surface area contributed by atoms with E-state index in [1.807, 2.05) is 4.90 Å². The maximum Gasteiger partial charge on any atom is 0.337 e. The van der Waals surface area contributed by atoms with Crippen LogP contribution in [0.1, 0.15) is 10.4 Å². The fraction of sp³-hybridized carbons (Fsp3) is 0.200. The summed E-state index contributed by atoms with van der Waals surface area (Å²) in [4.78, 5) is 16.7. The molecule has 5 heteroatoms. The second-order valence-electron chi connectivity index (χ2n) is 3.29. The summed E-state index contributed by atoms with van der Waals surface area (Å²) in [6.07, 6.45) is 1.73. The molecule has 0 unspecified atom stereocenters. The molecule has 0 spiro atoms. The molecule has 0 aliphatic carbocycles. The van der Waals surface area contributed by atoms with Crippen molar-refractivity contribution in [3.8, 4) is 0 Å². The number of carboxylic acids is 1. The largest absolute Gasteiger partial charge is 0.478 e. The molecule has 3 N–H and O–H groups in total. The number of nitrogen functional groups attached to an aromatic ring is 1. The van der Waals surface area contributed by atoms with E-state index in [0.717, 1.165) is 18.8 Å². The molecule has 1 aliphatic rings. The zero-order valence-corrected chi connectivity index (χ0v) is 8.05. The van der Waals surface area contributed by atoms with Crippen LogP contribution in [0.4, 0.5) is 11.4 Å². The van der Waals surface area contributed by atoms with Gasteiger partial charge in [0.15, 0.2) is 0 Å². The van der Waals surface area contributed by atoms with Gasteiger partial charge in [-0.15, -0.1) is 0 Å². The van der Waals surface area contributed by atoms with E-state index >= 15 is 0 Å². The van der Waals surface area contributed by atoms with Crippen LogP contribution in [-0.4, -0.2) is 30.5 Å². The number of hydrogen-bond acceptors (Lipinski definition) is 4. The fourth-order valence-corrected chi connectivity index (χ4v) is 1.50. The minimum Gasteiger partial charge on any atom is -0.478 e. The van der Waals surface area contributed by atoms with Crippen molar-refractivity contribution in [3.63, 3.8) is 0 Å². The topological polar surface area (TPSA) is 78.9 Å². The summed E-state index contributed by atoms with van der Waals surface area (Å²) in [5.41, 5.74) is 6.92. The first-order valence-corrected chi connectivity index (χ1v) is 4.58. The highest BCUT2D eigenvalue weighted by Crippen LogP contribution is 2.21. The van der Waals surface area contributed by atoms with Crippen LogP contribution in [0.3, 0.4) is 0 Å². The molecule has 1 aliphatic heterocycles. The van der Waals surface area contributed by atoms with Gasteiger partial charge in [0.2, 0.25) is 0 Å². The van der Waals surface area contributed by atoms with Gasteiger partial charge in [-0.25, -0.2) is 4.79 Å². The van der Waals surface area contributed by atoms with Gasteiger partial charge < -0.3 is 15.7 Å². The van der Waals surface area contributed by atoms with Gasteiger partial charge in [0.05, 0.1) is 18.4 Å². The molecule has 0 aromatic heterocycles. The number of carbonyl (C=O) groups is 1. The van der Waals surface area contributed by atoms with Crippen molar-refractivity contribution < 1.29 is 9.90 Å². The lowest BCUT2D eigenvalue weighted by molar-refractivity contribution is 0.0698. The Balaban J connectivity index is 2.32. The third-order valence-electron chi connectivity index (χ3n) is 2.29. The molecule has 0 saturated heterocycles. The van der Waals surface area contributed by atoms with Gasteiger partial charge in [-0.3, -0.25) is 4.99 Å². The number of hydrogen-bond donors (Lipinski definition) is 2. The molecule has 1 heterocycles. The number of benzene rings is 1. The van der Waals surface area contributed by atoms with Crippen LogP contribution in [0.25, 0.3) is 0 Å². The predicted molar refractivity (Wildman–Crippen MR) is 58.5 cm³/mol. The monoisotopic (exact) mass is 205 g/mol. The first-order chi connectivity index (χ1) is 7.18. The Kier molecular flexibility index (Phi) is 2.29. The highest BCUT2D eigenvalue weighted by atomic mass is 16.4. The molecule has 0 bridgehead atoms. The minimum absolute atomic E-state index is 0.134. The average molecular weight is 205 g/mol. The van der Waals surface area contributed by atoms with E-state index in [1.165, 1.54) is 6.07 Å². The standard InChI is InChI=1S/C10H11N3O2/c11-9-5-7(13-4-3-12-6-13)1-2-8(9)10(14)15/h1-2,5-6H,3-4,11H2,(H,14,15). The summed E-state index contributed by atoms with van der Waals surface area (Å²) in [6, 6.07) is 4.90. The van der Waals surface area contributed by atoms with Gasteiger partial charge in [0.1, 0.15) is 0 Å². The van der Waals surface area contributed by atoms with Crippen molar-refractivity contribution in [2.24, 2.45) is 4.99 Å². The number of anilines is 2. The summed E-state index contributed by atoms with van der Waals surface area (Å²) in [7, 11) is 0. The summed E-state index contributed by atoms with van der Waals surface area (Å²) < 4.78 is 0. The Morgan fingerprint density at radius 1 is 1.53 bits per heavy atom. The lowest BCUT2D eigenvalue weighted by Crippen LogP contribution is -2.18. The fourth-order valence-electron chi connectivity index (χ4n) is 1.50. The minimum atomic E-state index is -1.01. The summed E-state index contributed by atoms with van der Waals surface area (Å²) >= 11 is 0. The van der Waals surface area contributed by atoms with Crippen LogP contribution in [0.2, 0.25) is 0 Å². The van der Waals surface area contributed by atoms with Crippen LogP contribution in [0.15, 0.2) is 23.2 Å². The zero-order chi connectivity index (χ0) is 10.8. The average Bonchev–Trinajstić information content (AvgIpc) is 2.69. The van der Waals surface area contributed by atoms with Crippen LogP contribution >= 0.6 is 0 Å². The van der Waals surface area contributed by atoms with E-state index in [2.05, 4.69) is 4.99 Å². The third-order valence-corrected chi connectivity index (χ3v) is 2.29. The molecule has 1 aromatic carbocycles. The molecule has 5 nitrogen and oxygen atoms in total. The van der Waals surface area contributed by atoms with Gasteiger partial charge in [-0.05, 0) is 18.2 Å². The van der Waals surface area contributed by atoms with Crippen LogP contribution in [0.5, 0.6) is 0 Å². The van der Waals surface area contributed by atoms with Crippen molar-refractivity contribution >= 4 is 23.7 Å². The van der Waals surface area contributed by atoms with Crippen LogP contribution in [-0.2, 0) is 0 Å². The molecule has 2 rings (SSSR count). The van der Waals surface area contributed by atoms with E-state index in [1.54, 1.807) is 18.5 Å². The van der Waals surface area contributed by atoms with E-state index < -0.39 is 5.97 Å². The van der Waals surface area contributed by atoms with Gasteiger partial charge in [-0.2, -0.15) is 0 Å². The van der Waals surface area contributed by atoms with Crippen molar-refractivity contribution in [2.45, 2.75) is 0 Å². The number of carboxylic acid groups (broad SMARTS) is 1. The van der Waals surface area contributed by atoms with Gasteiger partial charge in [-0.1, -0.05) is 0 Å². The van der Waals surface area contributed by atoms with Gasteiger partial charge in [0.25, 0.3) is 0 Å². The smallest absolute Gasteiger partial charge is 0.337 e. The second-order valence-corrected chi connectivity index (χ2v) is 3.29. The maximum atomic E-state index is 10.7. The summed E-state index contributed by atoms with van der Waals surface area (Å²) in [6.45, 7) is 1.58.